The van der Waals surface area contributed by atoms with E-state index >= 15 is 0 Å². The van der Waals surface area contributed by atoms with Crippen LogP contribution in [0.4, 0.5) is 10.8 Å². The molecule has 0 aliphatic carbocycles. The molecule has 0 spiro atoms. The first kappa shape index (κ1) is 13.1. The van der Waals surface area contributed by atoms with Gasteiger partial charge in [0.25, 0.3) is 0 Å². The Morgan fingerprint density at radius 3 is 3.10 bits per heavy atom. The number of carbonyl (C=O) groups excluding carboxylic acids is 1. The van der Waals surface area contributed by atoms with Gasteiger partial charge in [-0.05, 0) is 11.6 Å². The summed E-state index contributed by atoms with van der Waals surface area (Å²) < 4.78 is 0. The summed E-state index contributed by atoms with van der Waals surface area (Å²) in [4.78, 5) is 17.8. The molecule has 1 aromatic carbocycles. The number of anilines is 2. The van der Waals surface area contributed by atoms with E-state index in [2.05, 4.69) is 46.4 Å². The average molecular weight is 287 g/mol. The van der Waals surface area contributed by atoms with E-state index in [1.165, 1.54) is 29.5 Å². The maximum atomic E-state index is 11.0. The highest BCUT2D eigenvalue weighted by molar-refractivity contribution is 7.13. The summed E-state index contributed by atoms with van der Waals surface area (Å²) in [5.74, 6) is 0.477. The van der Waals surface area contributed by atoms with Crippen LogP contribution >= 0.6 is 11.3 Å². The minimum absolute atomic E-state index is 0.0777. The summed E-state index contributed by atoms with van der Waals surface area (Å²) in [6, 6.07) is 8.54. The van der Waals surface area contributed by atoms with Gasteiger partial charge in [-0.15, -0.1) is 11.3 Å². The van der Waals surface area contributed by atoms with Crippen molar-refractivity contribution >= 4 is 28.1 Å². The number of amides is 1. The van der Waals surface area contributed by atoms with Crippen LogP contribution in [0, 0.1) is 0 Å². The lowest BCUT2D eigenvalue weighted by Crippen LogP contribution is -2.20. The molecule has 0 fully saturated rings. The van der Waals surface area contributed by atoms with Gasteiger partial charge in [0.1, 0.15) is 0 Å². The Balaban J connectivity index is 1.76. The first-order chi connectivity index (χ1) is 9.63. The highest BCUT2D eigenvalue weighted by atomic mass is 32.1. The van der Waals surface area contributed by atoms with E-state index in [9.17, 15) is 4.79 Å². The van der Waals surface area contributed by atoms with Gasteiger partial charge in [0.2, 0.25) is 5.91 Å². The first-order valence-corrected chi connectivity index (χ1v) is 7.57. The molecule has 5 heteroatoms. The van der Waals surface area contributed by atoms with Crippen LogP contribution in [0.25, 0.3) is 0 Å². The number of hydrogen-bond donors (Lipinski definition) is 1. The fraction of sp³-hybridized carbons (Fsp3) is 0.333. The minimum atomic E-state index is -0.0777. The van der Waals surface area contributed by atoms with Gasteiger partial charge in [-0.2, -0.15) is 0 Å². The van der Waals surface area contributed by atoms with Gasteiger partial charge in [0.15, 0.2) is 5.13 Å². The van der Waals surface area contributed by atoms with E-state index < -0.39 is 0 Å². The SMILES string of the molecule is CC(=O)Nc1nc(CN2CC(C)c3ccccc32)cs1. The predicted octanol–water partition coefficient (Wildman–Crippen LogP) is 3.23. The lowest BCUT2D eigenvalue weighted by atomic mass is 10.0. The monoisotopic (exact) mass is 287 g/mol. The number of benzene rings is 1. The summed E-state index contributed by atoms with van der Waals surface area (Å²) in [6.07, 6.45) is 0. The molecule has 104 valence electrons. The van der Waals surface area contributed by atoms with Gasteiger partial charge in [-0.25, -0.2) is 4.98 Å². The molecule has 0 saturated carbocycles. The average Bonchev–Trinajstić information content (AvgIpc) is 2.96. The number of nitrogens with zero attached hydrogens (tertiary/aromatic N) is 2. The standard InChI is InChI=1S/C15H17N3OS/c1-10-7-18(14-6-4-3-5-13(10)14)8-12-9-20-15(17-12)16-11(2)19/h3-6,9-10H,7-8H2,1-2H3,(H,16,17,19). The second kappa shape index (κ2) is 5.25. The van der Waals surface area contributed by atoms with Gasteiger partial charge in [-0.3, -0.25) is 4.79 Å². The number of para-hydroxylation sites is 1. The fourth-order valence-corrected chi connectivity index (χ4v) is 3.40. The van der Waals surface area contributed by atoms with Crippen molar-refractivity contribution in [3.05, 3.63) is 40.9 Å². The largest absolute Gasteiger partial charge is 0.365 e. The molecule has 1 atom stereocenters. The molecule has 4 nitrogen and oxygen atoms in total. The second-order valence-corrected chi connectivity index (χ2v) is 6.02. The van der Waals surface area contributed by atoms with Crippen molar-refractivity contribution in [2.24, 2.45) is 0 Å². The molecular weight excluding hydrogens is 270 g/mol. The molecule has 1 unspecified atom stereocenters. The van der Waals surface area contributed by atoms with Gasteiger partial charge >= 0.3 is 0 Å². The van der Waals surface area contributed by atoms with Crippen LogP contribution < -0.4 is 10.2 Å². The zero-order valence-electron chi connectivity index (χ0n) is 11.6. The van der Waals surface area contributed by atoms with Crippen molar-refractivity contribution in [2.75, 3.05) is 16.8 Å². The van der Waals surface area contributed by atoms with E-state index in [-0.39, 0.29) is 5.91 Å². The Labute approximate surface area is 122 Å². The summed E-state index contributed by atoms with van der Waals surface area (Å²) in [5.41, 5.74) is 3.71. The van der Waals surface area contributed by atoms with Gasteiger partial charge in [0.05, 0.1) is 12.2 Å². The quantitative estimate of drug-likeness (QED) is 0.942. The number of fused-ring (bicyclic) bond motifs is 1. The summed E-state index contributed by atoms with van der Waals surface area (Å²) >= 11 is 1.47. The van der Waals surface area contributed by atoms with E-state index in [1.807, 2.05) is 5.38 Å². The minimum Gasteiger partial charge on any atom is -0.365 e. The maximum absolute atomic E-state index is 11.0. The molecule has 0 saturated heterocycles. The van der Waals surface area contributed by atoms with E-state index in [0.29, 0.717) is 11.0 Å². The molecular formula is C15H17N3OS. The molecule has 2 aromatic rings. The lowest BCUT2D eigenvalue weighted by molar-refractivity contribution is -0.114. The van der Waals surface area contributed by atoms with Crippen LogP contribution in [-0.4, -0.2) is 17.4 Å². The van der Waals surface area contributed by atoms with Gasteiger partial charge < -0.3 is 10.2 Å². The van der Waals surface area contributed by atoms with Gasteiger partial charge in [0, 0.05) is 30.5 Å². The number of thiazole rings is 1. The number of aromatic nitrogens is 1. The van der Waals surface area contributed by atoms with Gasteiger partial charge in [-0.1, -0.05) is 25.1 Å². The third kappa shape index (κ3) is 2.54. The van der Waals surface area contributed by atoms with Crippen LogP contribution in [0.5, 0.6) is 0 Å². The maximum Gasteiger partial charge on any atom is 0.223 e. The molecule has 3 rings (SSSR count). The number of rotatable bonds is 3. The van der Waals surface area contributed by atoms with Crippen molar-refractivity contribution in [1.82, 2.24) is 4.98 Å². The lowest BCUT2D eigenvalue weighted by Gasteiger charge is -2.18. The fourth-order valence-electron chi connectivity index (χ4n) is 2.65. The molecule has 1 N–H and O–H groups in total. The highest BCUT2D eigenvalue weighted by Gasteiger charge is 2.25. The Morgan fingerprint density at radius 1 is 1.50 bits per heavy atom. The summed E-state index contributed by atoms with van der Waals surface area (Å²) in [6.45, 7) is 5.56. The number of nitrogens with one attached hydrogen (secondary N) is 1. The van der Waals surface area contributed by atoms with Crippen molar-refractivity contribution < 1.29 is 4.79 Å². The molecule has 1 aliphatic heterocycles. The topological polar surface area (TPSA) is 45.2 Å². The second-order valence-electron chi connectivity index (χ2n) is 5.17. The Bertz CT molecular complexity index is 638. The Morgan fingerprint density at radius 2 is 2.30 bits per heavy atom. The van der Waals surface area contributed by atoms with E-state index in [4.69, 9.17) is 0 Å². The van der Waals surface area contributed by atoms with Crippen molar-refractivity contribution in [2.45, 2.75) is 26.3 Å². The molecule has 0 radical (unpaired) electrons. The first-order valence-electron chi connectivity index (χ1n) is 6.69. The van der Waals surface area contributed by atoms with Crippen LogP contribution in [-0.2, 0) is 11.3 Å². The number of hydrogen-bond acceptors (Lipinski definition) is 4. The third-order valence-corrected chi connectivity index (χ3v) is 4.30. The van der Waals surface area contributed by atoms with Crippen molar-refractivity contribution in [3.63, 3.8) is 0 Å². The smallest absolute Gasteiger partial charge is 0.223 e. The zero-order chi connectivity index (χ0) is 14.1. The van der Waals surface area contributed by atoms with Crippen LogP contribution in [0.15, 0.2) is 29.6 Å². The molecule has 1 aliphatic rings. The molecule has 20 heavy (non-hydrogen) atoms. The van der Waals surface area contributed by atoms with Crippen molar-refractivity contribution in [1.29, 1.82) is 0 Å². The van der Waals surface area contributed by atoms with E-state index in [0.717, 1.165) is 18.8 Å². The normalized spacial score (nSPS) is 17.1. The number of carbonyl (C=O) groups is 1. The molecule has 1 aromatic heterocycles. The molecule has 0 bridgehead atoms. The molecule has 1 amide bonds. The third-order valence-electron chi connectivity index (χ3n) is 3.49. The zero-order valence-corrected chi connectivity index (χ0v) is 12.4. The van der Waals surface area contributed by atoms with Crippen LogP contribution in [0.1, 0.15) is 31.0 Å². The van der Waals surface area contributed by atoms with E-state index in [1.54, 1.807) is 0 Å². The van der Waals surface area contributed by atoms with Crippen LogP contribution in [0.3, 0.4) is 0 Å². The van der Waals surface area contributed by atoms with Crippen molar-refractivity contribution in [3.8, 4) is 0 Å². The predicted molar refractivity (Wildman–Crippen MR) is 82.3 cm³/mol. The Hall–Kier alpha value is -1.88. The molecule has 2 heterocycles. The summed E-state index contributed by atoms with van der Waals surface area (Å²) in [5, 5.41) is 5.41. The summed E-state index contributed by atoms with van der Waals surface area (Å²) in [7, 11) is 0. The Kier molecular flexibility index (Phi) is 3.44. The highest BCUT2D eigenvalue weighted by Crippen LogP contribution is 2.36. The van der Waals surface area contributed by atoms with Crippen LogP contribution in [0.2, 0.25) is 0 Å².